The smallest absolute Gasteiger partial charge is 0.269 e. The van der Waals surface area contributed by atoms with Crippen molar-refractivity contribution in [2.75, 3.05) is 0 Å². The van der Waals surface area contributed by atoms with Crippen LogP contribution in [0.4, 0.5) is 8.78 Å². The lowest BCUT2D eigenvalue weighted by Gasteiger charge is -2.06. The number of nitrogens with zero attached hydrogens (tertiary/aromatic N) is 1. The molecule has 0 unspecified atom stereocenters. The number of halogens is 2. The molecule has 1 amide bonds. The number of aromatic hydroxyl groups is 1. The van der Waals surface area contributed by atoms with Crippen LogP contribution in [0.15, 0.2) is 36.4 Å². The highest BCUT2D eigenvalue weighted by Gasteiger charge is 2.19. The summed E-state index contributed by atoms with van der Waals surface area (Å²) in [6.45, 7) is 1.85. The molecule has 0 radical (unpaired) electrons. The molecule has 5 nitrogen and oxygen atoms in total. The Hall–Kier alpha value is -3.48. The minimum absolute atomic E-state index is 0.00979. The van der Waals surface area contributed by atoms with Gasteiger partial charge in [-0.25, -0.2) is 13.8 Å². The zero-order valence-corrected chi connectivity index (χ0v) is 13.6. The second kappa shape index (κ2) is 5.52. The number of carbonyl (C=O) groups excluding carboxylic acids is 1. The number of nitrogens with one attached hydrogen (secondary N) is 1. The summed E-state index contributed by atoms with van der Waals surface area (Å²) in [5, 5.41) is 11.4. The zero-order chi connectivity index (χ0) is 18.6. The van der Waals surface area contributed by atoms with Crippen LogP contribution in [0.3, 0.4) is 0 Å². The number of hydrogen-bond acceptors (Lipinski definition) is 3. The van der Waals surface area contributed by atoms with Crippen molar-refractivity contribution in [2.24, 2.45) is 5.73 Å². The van der Waals surface area contributed by atoms with E-state index in [1.807, 2.05) is 6.92 Å². The maximum atomic E-state index is 13.6. The summed E-state index contributed by atoms with van der Waals surface area (Å²) in [7, 11) is 0. The summed E-state index contributed by atoms with van der Waals surface area (Å²) < 4.78 is 27.2. The van der Waals surface area contributed by atoms with E-state index in [-0.39, 0.29) is 22.7 Å². The molecule has 0 atom stereocenters. The predicted molar refractivity (Wildman–Crippen MR) is 93.9 cm³/mol. The van der Waals surface area contributed by atoms with Crippen molar-refractivity contribution in [3.8, 4) is 17.0 Å². The number of rotatable bonds is 2. The van der Waals surface area contributed by atoms with Gasteiger partial charge in [-0.05, 0) is 36.8 Å². The van der Waals surface area contributed by atoms with Crippen molar-refractivity contribution in [3.05, 3.63) is 59.3 Å². The molecule has 7 heteroatoms. The number of carbonyl (C=O) groups is 1. The number of aromatic nitrogens is 2. The van der Waals surface area contributed by atoms with Crippen LogP contribution in [0.1, 0.15) is 16.1 Å². The highest BCUT2D eigenvalue weighted by atomic mass is 19.1. The van der Waals surface area contributed by atoms with E-state index in [1.165, 1.54) is 6.07 Å². The minimum atomic E-state index is -0.794. The number of phenols is 1. The fraction of sp³-hybridized carbons (Fsp3) is 0.0526. The van der Waals surface area contributed by atoms with Gasteiger partial charge in [0.05, 0.1) is 16.7 Å². The van der Waals surface area contributed by atoms with Gasteiger partial charge in [0.2, 0.25) is 0 Å². The number of aromatic amines is 1. The van der Waals surface area contributed by atoms with Gasteiger partial charge in [0, 0.05) is 22.4 Å². The highest BCUT2D eigenvalue weighted by Crippen LogP contribution is 2.36. The topological polar surface area (TPSA) is 92.0 Å². The molecule has 2 heterocycles. The van der Waals surface area contributed by atoms with Crippen molar-refractivity contribution in [2.45, 2.75) is 6.92 Å². The molecule has 26 heavy (non-hydrogen) atoms. The van der Waals surface area contributed by atoms with E-state index in [0.717, 1.165) is 23.8 Å². The Morgan fingerprint density at radius 2 is 1.81 bits per heavy atom. The van der Waals surface area contributed by atoms with Crippen molar-refractivity contribution in [3.63, 3.8) is 0 Å². The third kappa shape index (κ3) is 2.36. The molecule has 130 valence electrons. The minimum Gasteiger partial charge on any atom is -0.506 e. The van der Waals surface area contributed by atoms with Crippen LogP contribution in [-0.4, -0.2) is 21.0 Å². The highest BCUT2D eigenvalue weighted by molar-refractivity contribution is 6.16. The van der Waals surface area contributed by atoms with E-state index < -0.39 is 17.5 Å². The van der Waals surface area contributed by atoms with Crippen LogP contribution in [-0.2, 0) is 0 Å². The monoisotopic (exact) mass is 353 g/mol. The van der Waals surface area contributed by atoms with E-state index in [2.05, 4.69) is 9.97 Å². The Morgan fingerprint density at radius 3 is 2.46 bits per heavy atom. The molecule has 0 aliphatic heterocycles. The van der Waals surface area contributed by atoms with Crippen LogP contribution < -0.4 is 5.73 Å². The lowest BCUT2D eigenvalue weighted by atomic mass is 10.0. The molecule has 0 saturated heterocycles. The first kappa shape index (κ1) is 16.0. The van der Waals surface area contributed by atoms with E-state index in [9.17, 15) is 18.7 Å². The van der Waals surface area contributed by atoms with Crippen LogP contribution >= 0.6 is 0 Å². The summed E-state index contributed by atoms with van der Waals surface area (Å²) in [4.78, 5) is 19.1. The first-order chi connectivity index (χ1) is 12.3. The molecule has 0 fully saturated rings. The summed E-state index contributed by atoms with van der Waals surface area (Å²) in [5.41, 5.74) is 7.41. The summed E-state index contributed by atoms with van der Waals surface area (Å²) in [6, 6.07) is 7.89. The van der Waals surface area contributed by atoms with Crippen LogP contribution in [0.5, 0.6) is 5.75 Å². The number of aryl methyl sites for hydroxylation is 1. The predicted octanol–water partition coefficient (Wildman–Crippen LogP) is 3.77. The van der Waals surface area contributed by atoms with Crippen molar-refractivity contribution >= 4 is 27.7 Å². The average Bonchev–Trinajstić information content (AvgIpc) is 2.97. The molecule has 2 aromatic carbocycles. The van der Waals surface area contributed by atoms with Crippen LogP contribution in [0.2, 0.25) is 0 Å². The second-order valence-corrected chi connectivity index (χ2v) is 6.08. The summed E-state index contributed by atoms with van der Waals surface area (Å²) in [5.74, 6) is -2.29. The number of nitrogens with two attached hydrogens (primary N) is 1. The zero-order valence-electron chi connectivity index (χ0n) is 13.6. The third-order valence-electron chi connectivity index (χ3n) is 4.32. The van der Waals surface area contributed by atoms with Crippen LogP contribution in [0.25, 0.3) is 33.1 Å². The normalized spacial score (nSPS) is 11.3. The molecule has 0 bridgehead atoms. The number of phenolic OH excluding ortho intramolecular Hbond substituents is 1. The third-order valence-corrected chi connectivity index (χ3v) is 4.32. The Bertz CT molecular complexity index is 1190. The van der Waals surface area contributed by atoms with E-state index in [1.54, 1.807) is 12.1 Å². The van der Waals surface area contributed by atoms with Crippen molar-refractivity contribution in [1.29, 1.82) is 0 Å². The molecule has 0 aliphatic rings. The second-order valence-electron chi connectivity index (χ2n) is 6.08. The molecule has 0 aliphatic carbocycles. The molecular formula is C19H13F2N3O2. The Labute approximate surface area is 146 Å². The maximum absolute atomic E-state index is 13.6. The number of fused-ring (bicyclic) bond motifs is 3. The molecule has 0 spiro atoms. The largest absolute Gasteiger partial charge is 0.506 e. The number of primary amides is 1. The molecule has 4 aromatic rings. The lowest BCUT2D eigenvalue weighted by Crippen LogP contribution is -2.14. The molecule has 0 saturated carbocycles. The summed E-state index contributed by atoms with van der Waals surface area (Å²) >= 11 is 0. The van der Waals surface area contributed by atoms with Crippen LogP contribution in [0, 0.1) is 18.6 Å². The van der Waals surface area contributed by atoms with Gasteiger partial charge in [-0.3, -0.25) is 4.79 Å². The van der Waals surface area contributed by atoms with Gasteiger partial charge in [0.1, 0.15) is 17.4 Å². The number of pyridine rings is 1. The van der Waals surface area contributed by atoms with E-state index in [0.29, 0.717) is 21.8 Å². The Balaban J connectivity index is 2.15. The van der Waals surface area contributed by atoms with Gasteiger partial charge in [-0.15, -0.1) is 0 Å². The molecule has 4 N–H and O–H groups in total. The summed E-state index contributed by atoms with van der Waals surface area (Å²) in [6.07, 6.45) is 0. The van der Waals surface area contributed by atoms with Gasteiger partial charge in [-0.2, -0.15) is 0 Å². The Morgan fingerprint density at radius 1 is 1.12 bits per heavy atom. The SMILES string of the molecule is Cc1ccc(O)c2[nH]c3c(C(N)=O)nc(-c4cc(F)cc(F)c4)cc3c12. The number of hydrogen-bond donors (Lipinski definition) is 3. The molecular weight excluding hydrogens is 340 g/mol. The standard InChI is InChI=1S/C19H13F2N3O2/c1-8-2-3-14(25)17-15(8)12-7-13(9-4-10(20)6-11(21)5-9)23-18(19(22)26)16(12)24-17/h2-7,24-25H,1H3,(H2,22,26). The lowest BCUT2D eigenvalue weighted by molar-refractivity contribution is 0.0997. The van der Waals surface area contributed by atoms with Crippen molar-refractivity contribution < 1.29 is 18.7 Å². The number of amides is 1. The van der Waals surface area contributed by atoms with Gasteiger partial charge in [-0.1, -0.05) is 6.07 Å². The Kier molecular flexibility index (Phi) is 3.40. The van der Waals surface area contributed by atoms with Gasteiger partial charge in [0.25, 0.3) is 5.91 Å². The first-order valence-corrected chi connectivity index (χ1v) is 7.76. The maximum Gasteiger partial charge on any atom is 0.269 e. The van der Waals surface area contributed by atoms with Gasteiger partial charge in [0.15, 0.2) is 5.69 Å². The number of H-pyrrole nitrogens is 1. The molecule has 2 aromatic heterocycles. The molecule has 4 rings (SSSR count). The van der Waals surface area contributed by atoms with Crippen molar-refractivity contribution in [1.82, 2.24) is 9.97 Å². The van der Waals surface area contributed by atoms with E-state index >= 15 is 0 Å². The quantitative estimate of drug-likeness (QED) is 0.512. The average molecular weight is 353 g/mol. The van der Waals surface area contributed by atoms with Gasteiger partial charge < -0.3 is 15.8 Å². The van der Waals surface area contributed by atoms with Gasteiger partial charge >= 0.3 is 0 Å². The fourth-order valence-electron chi connectivity index (χ4n) is 3.19. The van der Waals surface area contributed by atoms with E-state index in [4.69, 9.17) is 5.73 Å². The first-order valence-electron chi connectivity index (χ1n) is 7.76. The number of benzene rings is 2. The fourth-order valence-corrected chi connectivity index (χ4v) is 3.19.